The van der Waals surface area contributed by atoms with Crippen LogP contribution in [0.3, 0.4) is 0 Å². The summed E-state index contributed by atoms with van der Waals surface area (Å²) in [6.07, 6.45) is 0.874. The van der Waals surface area contributed by atoms with Gasteiger partial charge in [-0.2, -0.15) is 5.10 Å². The maximum atomic E-state index is 12.1. The van der Waals surface area contributed by atoms with E-state index in [0.717, 1.165) is 12.1 Å². The molecule has 1 unspecified atom stereocenters. The minimum absolute atomic E-state index is 0.0250. The normalized spacial score (nSPS) is 13.4. The molecule has 5 heteroatoms. The Morgan fingerprint density at radius 3 is 2.68 bits per heavy atom. The largest absolute Gasteiger partial charge is 0.349 e. The van der Waals surface area contributed by atoms with E-state index in [2.05, 4.69) is 31.2 Å². The molecule has 1 aromatic heterocycles. The van der Waals surface area contributed by atoms with E-state index in [0.29, 0.717) is 18.8 Å². The first-order valence-electron chi connectivity index (χ1n) is 6.81. The maximum absolute atomic E-state index is 12.1. The van der Waals surface area contributed by atoms with Crippen molar-refractivity contribution in [3.63, 3.8) is 0 Å². The maximum Gasteiger partial charge on any atom is 0.269 e. The lowest BCUT2D eigenvalue weighted by Crippen LogP contribution is -2.40. The number of nitrogens with zero attached hydrogens (tertiary/aromatic N) is 2. The van der Waals surface area contributed by atoms with Gasteiger partial charge in [0.05, 0.1) is 5.69 Å². The minimum Gasteiger partial charge on any atom is -0.349 e. The number of amides is 1. The standard InChI is InChI=1S/C14H26N4O/c1-6-18-12(7-10(2)17-18)13(19)16-9-11(15)8-14(3,4)5/h7,11H,6,8-9,15H2,1-5H3,(H,16,19). The zero-order chi connectivity index (χ0) is 14.6. The summed E-state index contributed by atoms with van der Waals surface area (Å²) >= 11 is 0. The van der Waals surface area contributed by atoms with Gasteiger partial charge in [-0.05, 0) is 31.7 Å². The average Bonchev–Trinajstić information content (AvgIpc) is 2.65. The Hall–Kier alpha value is -1.36. The molecule has 1 atom stereocenters. The highest BCUT2D eigenvalue weighted by molar-refractivity contribution is 5.92. The van der Waals surface area contributed by atoms with Gasteiger partial charge >= 0.3 is 0 Å². The van der Waals surface area contributed by atoms with Crippen LogP contribution < -0.4 is 11.1 Å². The molecule has 0 spiro atoms. The third kappa shape index (κ3) is 5.03. The van der Waals surface area contributed by atoms with E-state index in [1.165, 1.54) is 0 Å². The molecule has 0 fully saturated rings. The van der Waals surface area contributed by atoms with E-state index in [-0.39, 0.29) is 17.4 Å². The van der Waals surface area contributed by atoms with E-state index in [9.17, 15) is 4.79 Å². The number of nitrogens with two attached hydrogens (primary N) is 1. The van der Waals surface area contributed by atoms with Crippen molar-refractivity contribution < 1.29 is 4.79 Å². The van der Waals surface area contributed by atoms with Gasteiger partial charge in [0.15, 0.2) is 0 Å². The number of rotatable bonds is 5. The number of aromatic nitrogens is 2. The van der Waals surface area contributed by atoms with E-state index >= 15 is 0 Å². The van der Waals surface area contributed by atoms with Crippen molar-refractivity contribution in [2.45, 2.75) is 53.6 Å². The first-order valence-corrected chi connectivity index (χ1v) is 6.81. The summed E-state index contributed by atoms with van der Waals surface area (Å²) in [7, 11) is 0. The Bertz CT molecular complexity index is 431. The summed E-state index contributed by atoms with van der Waals surface area (Å²) in [4.78, 5) is 12.1. The highest BCUT2D eigenvalue weighted by atomic mass is 16.2. The Morgan fingerprint density at radius 2 is 2.16 bits per heavy atom. The summed E-state index contributed by atoms with van der Waals surface area (Å²) in [5, 5.41) is 7.15. The third-order valence-corrected chi connectivity index (χ3v) is 2.83. The molecule has 0 aromatic carbocycles. The summed E-state index contributed by atoms with van der Waals surface area (Å²) in [5.74, 6) is -0.105. The van der Waals surface area contributed by atoms with Crippen molar-refractivity contribution in [1.82, 2.24) is 15.1 Å². The van der Waals surface area contributed by atoms with Crippen molar-refractivity contribution in [3.05, 3.63) is 17.5 Å². The molecule has 0 aliphatic heterocycles. The summed E-state index contributed by atoms with van der Waals surface area (Å²) in [5.41, 5.74) is 7.65. The number of hydrogen-bond acceptors (Lipinski definition) is 3. The predicted molar refractivity (Wildman–Crippen MR) is 77.0 cm³/mol. The van der Waals surface area contributed by atoms with E-state index in [4.69, 9.17) is 5.73 Å². The van der Waals surface area contributed by atoms with Crippen LogP contribution in [0.4, 0.5) is 0 Å². The van der Waals surface area contributed by atoms with Crippen LogP contribution in [-0.2, 0) is 6.54 Å². The van der Waals surface area contributed by atoms with Gasteiger partial charge in [-0.15, -0.1) is 0 Å². The second-order valence-corrected chi connectivity index (χ2v) is 6.22. The van der Waals surface area contributed by atoms with Gasteiger partial charge in [0.25, 0.3) is 5.91 Å². The first kappa shape index (κ1) is 15.7. The second-order valence-electron chi connectivity index (χ2n) is 6.22. The lowest BCUT2D eigenvalue weighted by atomic mass is 9.88. The molecule has 0 radical (unpaired) electrons. The zero-order valence-electron chi connectivity index (χ0n) is 12.7. The smallest absolute Gasteiger partial charge is 0.269 e. The number of nitrogens with one attached hydrogen (secondary N) is 1. The number of hydrogen-bond donors (Lipinski definition) is 2. The minimum atomic E-state index is -0.105. The van der Waals surface area contributed by atoms with Gasteiger partial charge in [-0.25, -0.2) is 0 Å². The summed E-state index contributed by atoms with van der Waals surface area (Å²) < 4.78 is 1.71. The number of aryl methyl sites for hydroxylation is 2. The molecule has 0 bridgehead atoms. The van der Waals surface area contributed by atoms with E-state index < -0.39 is 0 Å². The fraction of sp³-hybridized carbons (Fsp3) is 0.714. The molecule has 3 N–H and O–H groups in total. The van der Waals surface area contributed by atoms with Gasteiger partial charge in [-0.1, -0.05) is 20.8 Å². The molecule has 0 saturated heterocycles. The number of carbonyl (C=O) groups excluding carboxylic acids is 1. The molecule has 5 nitrogen and oxygen atoms in total. The van der Waals surface area contributed by atoms with Crippen LogP contribution in [0.2, 0.25) is 0 Å². The fourth-order valence-corrected chi connectivity index (χ4v) is 2.14. The zero-order valence-corrected chi connectivity index (χ0v) is 12.7. The van der Waals surface area contributed by atoms with E-state index in [1.807, 2.05) is 13.8 Å². The fourth-order valence-electron chi connectivity index (χ4n) is 2.14. The molecule has 1 heterocycles. The van der Waals surface area contributed by atoms with Crippen molar-refractivity contribution >= 4 is 5.91 Å². The van der Waals surface area contributed by atoms with Crippen LogP contribution in [0.5, 0.6) is 0 Å². The summed E-state index contributed by atoms with van der Waals surface area (Å²) in [6, 6.07) is 1.77. The Kier molecular flexibility index (Phi) is 5.11. The van der Waals surface area contributed by atoms with Gasteiger partial charge in [0, 0.05) is 19.1 Å². The van der Waals surface area contributed by atoms with Crippen LogP contribution in [0, 0.1) is 12.3 Å². The van der Waals surface area contributed by atoms with Crippen molar-refractivity contribution in [1.29, 1.82) is 0 Å². The SMILES string of the molecule is CCn1nc(C)cc1C(=O)NCC(N)CC(C)(C)C. The molecule has 1 aromatic rings. The topological polar surface area (TPSA) is 72.9 Å². The number of carbonyl (C=O) groups is 1. The lowest BCUT2D eigenvalue weighted by Gasteiger charge is -2.23. The molecule has 0 saturated carbocycles. The summed E-state index contributed by atoms with van der Waals surface area (Å²) in [6.45, 7) is 11.5. The molecule has 108 valence electrons. The predicted octanol–water partition coefficient (Wildman–Crippen LogP) is 1.70. The van der Waals surface area contributed by atoms with Crippen molar-refractivity contribution in [3.8, 4) is 0 Å². The molecule has 19 heavy (non-hydrogen) atoms. The van der Waals surface area contributed by atoms with Gasteiger partial charge < -0.3 is 11.1 Å². The van der Waals surface area contributed by atoms with E-state index in [1.54, 1.807) is 10.7 Å². The monoisotopic (exact) mass is 266 g/mol. The molecule has 0 aliphatic rings. The molecular weight excluding hydrogens is 240 g/mol. The Balaban J connectivity index is 2.56. The van der Waals surface area contributed by atoms with Gasteiger partial charge in [-0.3, -0.25) is 9.48 Å². The highest BCUT2D eigenvalue weighted by Gasteiger charge is 2.18. The molecule has 1 amide bonds. The van der Waals surface area contributed by atoms with Crippen molar-refractivity contribution in [2.24, 2.45) is 11.1 Å². The third-order valence-electron chi connectivity index (χ3n) is 2.83. The van der Waals surface area contributed by atoms with Crippen LogP contribution >= 0.6 is 0 Å². The molecular formula is C14H26N4O. The quantitative estimate of drug-likeness (QED) is 0.852. The molecule has 1 rings (SSSR count). The van der Waals surface area contributed by atoms with Gasteiger partial charge in [0.1, 0.15) is 5.69 Å². The van der Waals surface area contributed by atoms with Gasteiger partial charge in [0.2, 0.25) is 0 Å². The van der Waals surface area contributed by atoms with Crippen LogP contribution in [0.1, 0.15) is 50.3 Å². The van der Waals surface area contributed by atoms with Crippen molar-refractivity contribution in [2.75, 3.05) is 6.54 Å². The first-order chi connectivity index (χ1) is 8.73. The van der Waals surface area contributed by atoms with Crippen LogP contribution in [0.25, 0.3) is 0 Å². The lowest BCUT2D eigenvalue weighted by molar-refractivity contribution is 0.0938. The Morgan fingerprint density at radius 1 is 1.53 bits per heavy atom. The second kappa shape index (κ2) is 6.19. The molecule has 0 aliphatic carbocycles. The van der Waals surface area contributed by atoms with Crippen LogP contribution in [-0.4, -0.2) is 28.3 Å². The van der Waals surface area contributed by atoms with Crippen LogP contribution in [0.15, 0.2) is 6.07 Å². The average molecular weight is 266 g/mol. The highest BCUT2D eigenvalue weighted by Crippen LogP contribution is 2.19. The Labute approximate surface area is 115 Å².